The lowest BCUT2D eigenvalue weighted by atomic mass is 9.57. The van der Waals surface area contributed by atoms with Crippen molar-refractivity contribution in [2.75, 3.05) is 13.2 Å². The fourth-order valence-corrected chi connectivity index (χ4v) is 3.72. The first-order valence-electron chi connectivity index (χ1n) is 9.29. The van der Waals surface area contributed by atoms with Gasteiger partial charge >= 0.3 is 11.9 Å². The summed E-state index contributed by atoms with van der Waals surface area (Å²) in [6, 6.07) is 20.4. The molecular formula is C23H24O4. The third-order valence-electron chi connectivity index (χ3n) is 5.00. The molecule has 0 N–H and O–H groups in total. The Morgan fingerprint density at radius 3 is 1.56 bits per heavy atom. The van der Waals surface area contributed by atoms with E-state index in [0.717, 1.165) is 5.57 Å². The van der Waals surface area contributed by atoms with Crippen LogP contribution in [0.3, 0.4) is 0 Å². The van der Waals surface area contributed by atoms with Crippen LogP contribution in [0.2, 0.25) is 0 Å². The molecular weight excluding hydrogens is 340 g/mol. The maximum absolute atomic E-state index is 12.4. The van der Waals surface area contributed by atoms with Crippen molar-refractivity contribution in [1.29, 1.82) is 0 Å². The molecule has 27 heavy (non-hydrogen) atoms. The normalized spacial score (nSPS) is 14.8. The minimum absolute atomic E-state index is 0.0567. The van der Waals surface area contributed by atoms with Gasteiger partial charge in [-0.05, 0) is 43.4 Å². The number of benzene rings is 2. The van der Waals surface area contributed by atoms with E-state index in [9.17, 15) is 9.59 Å². The van der Waals surface area contributed by atoms with Gasteiger partial charge in [0.15, 0.2) is 0 Å². The van der Waals surface area contributed by atoms with Crippen LogP contribution in [0, 0.1) is 0 Å². The zero-order valence-corrected chi connectivity index (χ0v) is 15.7. The van der Waals surface area contributed by atoms with E-state index >= 15 is 0 Å². The van der Waals surface area contributed by atoms with Gasteiger partial charge in [-0.3, -0.25) is 0 Å². The van der Waals surface area contributed by atoms with Gasteiger partial charge in [0.2, 0.25) is 0 Å². The predicted molar refractivity (Wildman–Crippen MR) is 103 cm³/mol. The Morgan fingerprint density at radius 1 is 0.778 bits per heavy atom. The van der Waals surface area contributed by atoms with Crippen LogP contribution in [0.15, 0.2) is 71.8 Å². The van der Waals surface area contributed by atoms with Gasteiger partial charge in [-0.1, -0.05) is 60.7 Å². The molecule has 0 spiro atoms. The summed E-state index contributed by atoms with van der Waals surface area (Å²) in [5.41, 5.74) is 2.95. The first-order valence-corrected chi connectivity index (χ1v) is 9.29. The topological polar surface area (TPSA) is 52.6 Å². The van der Waals surface area contributed by atoms with Crippen LogP contribution in [0.5, 0.6) is 0 Å². The van der Waals surface area contributed by atoms with Crippen LogP contribution in [0.1, 0.15) is 37.8 Å². The molecule has 140 valence electrons. The van der Waals surface area contributed by atoms with Crippen LogP contribution >= 0.6 is 0 Å². The van der Waals surface area contributed by atoms with Crippen molar-refractivity contribution in [2.45, 2.75) is 32.1 Å². The highest BCUT2D eigenvalue weighted by molar-refractivity contribution is 6.15. The van der Waals surface area contributed by atoms with Crippen LogP contribution in [-0.2, 0) is 24.5 Å². The van der Waals surface area contributed by atoms with E-state index in [-0.39, 0.29) is 24.2 Å². The molecule has 4 nitrogen and oxygen atoms in total. The third-order valence-corrected chi connectivity index (χ3v) is 5.00. The second-order valence-corrected chi connectivity index (χ2v) is 6.59. The fourth-order valence-electron chi connectivity index (χ4n) is 3.72. The molecule has 0 heterocycles. The largest absolute Gasteiger partial charge is 0.462 e. The maximum atomic E-state index is 12.4. The van der Waals surface area contributed by atoms with Crippen LogP contribution < -0.4 is 0 Å². The molecule has 1 saturated carbocycles. The Kier molecular flexibility index (Phi) is 5.75. The zero-order valence-electron chi connectivity index (χ0n) is 15.7. The van der Waals surface area contributed by atoms with Crippen molar-refractivity contribution >= 4 is 11.9 Å². The number of hydrogen-bond acceptors (Lipinski definition) is 4. The molecule has 4 heteroatoms. The highest BCUT2D eigenvalue weighted by Crippen LogP contribution is 2.53. The Labute approximate surface area is 159 Å². The molecule has 0 radical (unpaired) electrons. The molecule has 0 aliphatic heterocycles. The lowest BCUT2D eigenvalue weighted by Gasteiger charge is -2.45. The van der Waals surface area contributed by atoms with E-state index in [1.165, 1.54) is 11.1 Å². The number of allylic oxidation sites excluding steroid dienone is 1. The van der Waals surface area contributed by atoms with Gasteiger partial charge in [0.25, 0.3) is 0 Å². The number of rotatable bonds is 6. The lowest BCUT2D eigenvalue weighted by molar-refractivity contribution is -0.146. The van der Waals surface area contributed by atoms with E-state index in [1.54, 1.807) is 13.8 Å². The molecule has 2 aromatic rings. The average molecular weight is 364 g/mol. The Balaban J connectivity index is 2.02. The van der Waals surface area contributed by atoms with E-state index in [2.05, 4.69) is 24.3 Å². The van der Waals surface area contributed by atoms with Crippen molar-refractivity contribution < 1.29 is 19.1 Å². The third kappa shape index (κ3) is 3.65. The van der Waals surface area contributed by atoms with E-state index in [1.807, 2.05) is 36.4 Å². The fraction of sp³-hybridized carbons (Fsp3) is 0.304. The van der Waals surface area contributed by atoms with Crippen molar-refractivity contribution in [2.24, 2.45) is 0 Å². The summed E-state index contributed by atoms with van der Waals surface area (Å²) >= 11 is 0. The number of esters is 2. The van der Waals surface area contributed by atoms with Gasteiger partial charge in [-0.15, -0.1) is 0 Å². The second-order valence-electron chi connectivity index (χ2n) is 6.59. The summed E-state index contributed by atoms with van der Waals surface area (Å²) in [7, 11) is 0. The maximum Gasteiger partial charge on any atom is 0.345 e. The van der Waals surface area contributed by atoms with Crippen LogP contribution in [0.4, 0.5) is 0 Å². The summed E-state index contributed by atoms with van der Waals surface area (Å²) < 4.78 is 10.2. The number of carbonyl (C=O) groups excluding carboxylic acids is 2. The SMILES string of the molecule is CCOC(=O)C(C(=O)OCC)=C1CC(c2ccccc2)(c2ccccc2)C1. The second kappa shape index (κ2) is 8.21. The number of carbonyl (C=O) groups is 2. The Morgan fingerprint density at radius 2 is 1.19 bits per heavy atom. The summed E-state index contributed by atoms with van der Waals surface area (Å²) in [6.45, 7) is 3.89. The first kappa shape index (κ1) is 18.9. The van der Waals surface area contributed by atoms with Gasteiger partial charge < -0.3 is 9.47 Å². The van der Waals surface area contributed by atoms with Crippen molar-refractivity contribution in [3.05, 3.63) is 82.9 Å². The summed E-state index contributed by atoms with van der Waals surface area (Å²) in [5, 5.41) is 0. The highest BCUT2D eigenvalue weighted by atomic mass is 16.6. The lowest BCUT2D eigenvalue weighted by Crippen LogP contribution is -2.40. The van der Waals surface area contributed by atoms with Crippen LogP contribution in [-0.4, -0.2) is 25.2 Å². The molecule has 0 aromatic heterocycles. The van der Waals surface area contributed by atoms with Gasteiger partial charge in [0.05, 0.1) is 13.2 Å². The Hall–Kier alpha value is -2.88. The van der Waals surface area contributed by atoms with Crippen LogP contribution in [0.25, 0.3) is 0 Å². The summed E-state index contributed by atoms with van der Waals surface area (Å²) in [6.07, 6.45) is 1.18. The monoisotopic (exact) mass is 364 g/mol. The minimum atomic E-state index is -0.597. The standard InChI is InChI=1S/C23H24O4/c1-3-26-21(24)20(22(25)27-4-2)17-15-23(16-17,18-11-7-5-8-12-18)19-13-9-6-10-14-19/h5-14H,3-4,15-16H2,1-2H3. The van der Waals surface area contributed by atoms with E-state index in [4.69, 9.17) is 9.47 Å². The first-order chi connectivity index (χ1) is 13.1. The van der Waals surface area contributed by atoms with Gasteiger partial charge in [-0.25, -0.2) is 9.59 Å². The van der Waals surface area contributed by atoms with Gasteiger partial charge in [0, 0.05) is 5.41 Å². The summed E-state index contributed by atoms with van der Waals surface area (Å²) in [5.74, 6) is -1.19. The van der Waals surface area contributed by atoms with Crippen molar-refractivity contribution in [3.63, 3.8) is 0 Å². The summed E-state index contributed by atoms with van der Waals surface area (Å²) in [4.78, 5) is 24.8. The van der Waals surface area contributed by atoms with Gasteiger partial charge in [-0.2, -0.15) is 0 Å². The minimum Gasteiger partial charge on any atom is -0.462 e. The molecule has 1 aliphatic rings. The molecule has 0 amide bonds. The predicted octanol–water partition coefficient (Wildman–Crippen LogP) is 4.19. The van der Waals surface area contributed by atoms with Crippen molar-refractivity contribution in [3.8, 4) is 0 Å². The molecule has 0 unspecified atom stereocenters. The quantitative estimate of drug-likeness (QED) is 0.334. The number of ether oxygens (including phenoxy) is 2. The van der Waals surface area contributed by atoms with E-state index < -0.39 is 11.9 Å². The molecule has 0 atom stereocenters. The highest BCUT2D eigenvalue weighted by Gasteiger charge is 2.47. The molecule has 1 fully saturated rings. The van der Waals surface area contributed by atoms with Gasteiger partial charge in [0.1, 0.15) is 5.57 Å². The zero-order chi connectivity index (χ0) is 19.3. The molecule has 3 rings (SSSR count). The molecule has 1 aliphatic carbocycles. The molecule has 0 saturated heterocycles. The molecule has 0 bridgehead atoms. The van der Waals surface area contributed by atoms with E-state index in [0.29, 0.717) is 12.8 Å². The smallest absolute Gasteiger partial charge is 0.345 e. The Bertz CT molecular complexity index is 768. The molecule has 2 aromatic carbocycles. The van der Waals surface area contributed by atoms with Crippen molar-refractivity contribution in [1.82, 2.24) is 0 Å². The average Bonchev–Trinajstić information content (AvgIpc) is 2.66. The number of hydrogen-bond donors (Lipinski definition) is 0.